The Morgan fingerprint density at radius 1 is 1.18 bits per heavy atom. The van der Waals surface area contributed by atoms with Gasteiger partial charge in [0.1, 0.15) is 0 Å². The maximum Gasteiger partial charge on any atom is 0.269 e. The van der Waals surface area contributed by atoms with Crippen molar-refractivity contribution in [2.75, 3.05) is 11.4 Å². The summed E-state index contributed by atoms with van der Waals surface area (Å²) in [6, 6.07) is 6.98. The molecule has 2 aliphatic heterocycles. The van der Waals surface area contributed by atoms with Crippen molar-refractivity contribution < 1.29 is 14.7 Å². The largest absolute Gasteiger partial charge is 0.375 e. The average molecular weight is 373 g/mol. The van der Waals surface area contributed by atoms with Gasteiger partial charge in [-0.3, -0.25) is 24.6 Å². The van der Waals surface area contributed by atoms with Gasteiger partial charge in [0.25, 0.3) is 5.91 Å². The van der Waals surface area contributed by atoms with Gasteiger partial charge in [-0.1, -0.05) is 18.2 Å². The van der Waals surface area contributed by atoms with E-state index in [1.807, 2.05) is 6.20 Å². The maximum atomic E-state index is 13.3. The number of carbonyl (C=O) groups excluding carboxylic acids is 2. The number of aliphatic imine (C=N–C) groups is 1. The molecule has 28 heavy (non-hydrogen) atoms. The maximum absolute atomic E-state index is 13.3. The number of ketones is 1. The highest BCUT2D eigenvalue weighted by molar-refractivity contribution is 6.32. The molecule has 138 valence electrons. The number of carbonyl (C=O) groups is 2. The van der Waals surface area contributed by atoms with Gasteiger partial charge in [-0.05, 0) is 25.0 Å². The Hall–Kier alpha value is -3.52. The van der Waals surface area contributed by atoms with Gasteiger partial charge < -0.3 is 10.1 Å². The predicted molar refractivity (Wildman–Crippen MR) is 100 cm³/mol. The molecule has 0 radical (unpaired) electrons. The smallest absolute Gasteiger partial charge is 0.269 e. The zero-order valence-electron chi connectivity index (χ0n) is 14.9. The summed E-state index contributed by atoms with van der Waals surface area (Å²) in [5.74, 6) is -0.595. The summed E-state index contributed by atoms with van der Waals surface area (Å²) in [4.78, 5) is 35.3. The van der Waals surface area contributed by atoms with Gasteiger partial charge in [-0.2, -0.15) is 5.10 Å². The summed E-state index contributed by atoms with van der Waals surface area (Å²) in [6.07, 6.45) is 2.62. The Morgan fingerprint density at radius 2 is 2.00 bits per heavy atom. The van der Waals surface area contributed by atoms with E-state index in [0.29, 0.717) is 40.5 Å². The number of hydrogen-bond donors (Lipinski definition) is 3. The van der Waals surface area contributed by atoms with Crippen molar-refractivity contribution >= 4 is 28.9 Å². The molecule has 3 aromatic rings. The van der Waals surface area contributed by atoms with Gasteiger partial charge in [0.2, 0.25) is 5.78 Å². The molecule has 6 rings (SSSR count). The van der Waals surface area contributed by atoms with Crippen LogP contribution < -0.4 is 4.90 Å². The lowest BCUT2D eigenvalue weighted by atomic mass is 9.87. The lowest BCUT2D eigenvalue weighted by molar-refractivity contribution is -0.133. The molecule has 8 nitrogen and oxygen atoms in total. The monoisotopic (exact) mass is 373 g/mol. The van der Waals surface area contributed by atoms with Crippen molar-refractivity contribution in [2.45, 2.75) is 18.9 Å². The van der Waals surface area contributed by atoms with Crippen molar-refractivity contribution in [3.05, 3.63) is 64.1 Å². The number of rotatable bonds is 1. The van der Waals surface area contributed by atoms with Crippen LogP contribution in [0.15, 0.2) is 35.5 Å². The standard InChI is InChI=1S/C20H15N5O3/c1-20(28)10-4-2-3-5-11(10)25(19(20)27)18-13-15(23-24-18)14-12-9(6-7-21-14)8-22-16(12)17(13)26/h2-5,8,22,28H,6-7H2,1H3,(H,23,24). The van der Waals surface area contributed by atoms with Crippen LogP contribution in [0.2, 0.25) is 0 Å². The number of amides is 1. The number of aromatic amines is 2. The van der Waals surface area contributed by atoms with E-state index in [1.165, 1.54) is 11.8 Å². The molecule has 3 aliphatic rings. The van der Waals surface area contributed by atoms with E-state index in [4.69, 9.17) is 0 Å². The highest BCUT2D eigenvalue weighted by Gasteiger charge is 2.49. The number of hydrogen-bond acceptors (Lipinski definition) is 5. The fraction of sp³-hybridized carbons (Fsp3) is 0.200. The minimum atomic E-state index is -1.69. The number of nitrogens with one attached hydrogen (secondary N) is 2. The molecular weight excluding hydrogens is 358 g/mol. The molecule has 1 amide bonds. The van der Waals surface area contributed by atoms with Crippen LogP contribution in [0.4, 0.5) is 11.5 Å². The SMILES string of the molecule is CC1(O)C(=O)N(c2n[nH]c3c2C(=O)c2[nH]cc4c2C3=NCC4)c2ccccc21. The van der Waals surface area contributed by atoms with Crippen LogP contribution in [-0.4, -0.2) is 44.2 Å². The Morgan fingerprint density at radius 3 is 2.86 bits per heavy atom. The summed E-state index contributed by atoms with van der Waals surface area (Å²) in [5, 5.41) is 18.0. The van der Waals surface area contributed by atoms with Gasteiger partial charge in [-0.25, -0.2) is 0 Å². The number of aliphatic hydroxyl groups is 1. The van der Waals surface area contributed by atoms with Crippen molar-refractivity contribution in [1.82, 2.24) is 15.2 Å². The zero-order chi connectivity index (χ0) is 19.2. The first-order valence-electron chi connectivity index (χ1n) is 9.05. The molecule has 0 saturated heterocycles. The molecule has 0 spiro atoms. The van der Waals surface area contributed by atoms with E-state index in [2.05, 4.69) is 20.2 Å². The van der Waals surface area contributed by atoms with Gasteiger partial charge in [0, 0.05) is 23.9 Å². The van der Waals surface area contributed by atoms with Crippen LogP contribution in [-0.2, 0) is 16.8 Å². The first-order valence-corrected chi connectivity index (χ1v) is 9.05. The van der Waals surface area contributed by atoms with Gasteiger partial charge >= 0.3 is 0 Å². The highest BCUT2D eigenvalue weighted by atomic mass is 16.3. The van der Waals surface area contributed by atoms with E-state index < -0.39 is 11.5 Å². The van der Waals surface area contributed by atoms with Crippen LogP contribution in [0.25, 0.3) is 0 Å². The molecule has 1 unspecified atom stereocenters. The van der Waals surface area contributed by atoms with Gasteiger partial charge in [-0.15, -0.1) is 0 Å². The molecule has 1 aromatic carbocycles. The summed E-state index contributed by atoms with van der Waals surface area (Å²) >= 11 is 0. The molecule has 2 aromatic heterocycles. The van der Waals surface area contributed by atoms with Crippen LogP contribution in [0.1, 0.15) is 45.4 Å². The van der Waals surface area contributed by atoms with Gasteiger partial charge in [0.05, 0.1) is 28.4 Å². The molecule has 0 saturated carbocycles. The third kappa shape index (κ3) is 1.64. The summed E-state index contributed by atoms with van der Waals surface area (Å²) in [7, 11) is 0. The van der Waals surface area contributed by atoms with Crippen molar-refractivity contribution in [1.29, 1.82) is 0 Å². The summed E-state index contributed by atoms with van der Waals surface area (Å²) < 4.78 is 0. The van der Waals surface area contributed by atoms with E-state index in [0.717, 1.165) is 17.5 Å². The molecule has 8 heteroatoms. The molecular formula is C20H15N5O3. The number of fused-ring (bicyclic) bond motifs is 3. The Labute approximate surface area is 158 Å². The number of nitrogens with zero attached hydrogens (tertiary/aromatic N) is 3. The Balaban J connectivity index is 1.60. The van der Waals surface area contributed by atoms with Crippen molar-refractivity contribution in [3.8, 4) is 0 Å². The van der Waals surface area contributed by atoms with E-state index in [9.17, 15) is 14.7 Å². The topological polar surface area (TPSA) is 114 Å². The number of aromatic nitrogens is 3. The number of para-hydroxylation sites is 1. The quantitative estimate of drug-likeness (QED) is 0.470. The zero-order valence-corrected chi connectivity index (χ0v) is 14.9. The second-order valence-electron chi connectivity index (χ2n) is 7.40. The minimum Gasteiger partial charge on any atom is -0.375 e. The third-order valence-electron chi connectivity index (χ3n) is 5.79. The number of anilines is 2. The second-order valence-corrected chi connectivity index (χ2v) is 7.40. The van der Waals surface area contributed by atoms with E-state index >= 15 is 0 Å². The van der Waals surface area contributed by atoms with Crippen molar-refractivity contribution in [3.63, 3.8) is 0 Å². The summed E-state index contributed by atoms with van der Waals surface area (Å²) in [6.45, 7) is 2.08. The predicted octanol–water partition coefficient (Wildman–Crippen LogP) is 1.56. The van der Waals surface area contributed by atoms with E-state index in [-0.39, 0.29) is 11.6 Å². The third-order valence-corrected chi connectivity index (χ3v) is 5.79. The lowest BCUT2D eigenvalue weighted by Crippen LogP contribution is -2.36. The Bertz CT molecular complexity index is 1250. The minimum absolute atomic E-state index is 0.185. The molecule has 3 N–H and O–H groups in total. The van der Waals surface area contributed by atoms with Crippen LogP contribution in [0, 0.1) is 0 Å². The normalized spacial score (nSPS) is 22.1. The van der Waals surface area contributed by atoms with E-state index in [1.54, 1.807) is 24.3 Å². The van der Waals surface area contributed by atoms with Crippen LogP contribution in [0.5, 0.6) is 0 Å². The molecule has 1 aliphatic carbocycles. The first-order chi connectivity index (χ1) is 13.5. The lowest BCUT2D eigenvalue weighted by Gasteiger charge is -2.22. The average Bonchev–Trinajstić information content (AvgIpc) is 3.36. The second kappa shape index (κ2) is 4.85. The number of benzene rings is 1. The van der Waals surface area contributed by atoms with Crippen LogP contribution in [0.3, 0.4) is 0 Å². The molecule has 0 bridgehead atoms. The molecule has 1 atom stereocenters. The molecule has 4 heterocycles. The number of H-pyrrole nitrogens is 2. The highest BCUT2D eigenvalue weighted by Crippen LogP contribution is 2.46. The van der Waals surface area contributed by atoms with Gasteiger partial charge in [0.15, 0.2) is 11.4 Å². The van der Waals surface area contributed by atoms with Crippen LogP contribution >= 0.6 is 0 Å². The molecule has 0 fully saturated rings. The fourth-order valence-corrected chi connectivity index (χ4v) is 4.42. The first kappa shape index (κ1) is 15.5. The fourth-order valence-electron chi connectivity index (χ4n) is 4.42. The summed E-state index contributed by atoms with van der Waals surface area (Å²) in [5.41, 5.74) is 3.16. The Kier molecular flexibility index (Phi) is 2.69. The van der Waals surface area contributed by atoms with Crippen molar-refractivity contribution in [2.24, 2.45) is 4.99 Å².